The van der Waals surface area contributed by atoms with Gasteiger partial charge in [-0.25, -0.2) is 0 Å². The van der Waals surface area contributed by atoms with Gasteiger partial charge < -0.3 is 15.4 Å². The lowest BCUT2D eigenvalue weighted by Crippen LogP contribution is -2.31. The van der Waals surface area contributed by atoms with E-state index in [0.717, 1.165) is 38.2 Å². The minimum Gasteiger partial charge on any atom is -0.493 e. The van der Waals surface area contributed by atoms with Gasteiger partial charge in [-0.1, -0.05) is 25.5 Å². The minimum atomic E-state index is 0.391. The van der Waals surface area contributed by atoms with E-state index >= 15 is 0 Å². The lowest BCUT2D eigenvalue weighted by atomic mass is 9.88. The molecule has 19 heavy (non-hydrogen) atoms. The van der Waals surface area contributed by atoms with Crippen molar-refractivity contribution in [1.29, 1.82) is 0 Å². The zero-order valence-corrected chi connectivity index (χ0v) is 12.4. The summed E-state index contributed by atoms with van der Waals surface area (Å²) < 4.78 is 5.69. The number of hydrogen-bond acceptors (Lipinski definition) is 3. The number of benzene rings is 1. The molecule has 1 heterocycles. The predicted octanol–water partition coefficient (Wildman–Crippen LogP) is 2.60. The van der Waals surface area contributed by atoms with Crippen LogP contribution in [-0.4, -0.2) is 32.1 Å². The Kier molecular flexibility index (Phi) is 4.83. The summed E-state index contributed by atoms with van der Waals surface area (Å²) in [6.07, 6.45) is 3.35. The maximum Gasteiger partial charge on any atom is 0.122 e. The molecule has 0 fully saturated rings. The molecular formula is C16H26N2O. The summed E-state index contributed by atoms with van der Waals surface area (Å²) in [5, 5.41) is 0. The first-order valence-corrected chi connectivity index (χ1v) is 7.29. The molecule has 2 atom stereocenters. The van der Waals surface area contributed by atoms with Crippen LogP contribution in [0.4, 0.5) is 0 Å². The SMILES string of the molecule is CCC(CN)C(c1ccc2c(c1)CCCO2)N(C)C. The van der Waals surface area contributed by atoms with Crippen molar-refractivity contribution in [2.75, 3.05) is 27.2 Å². The van der Waals surface area contributed by atoms with E-state index in [4.69, 9.17) is 10.5 Å². The van der Waals surface area contributed by atoms with Gasteiger partial charge in [0.1, 0.15) is 5.75 Å². The smallest absolute Gasteiger partial charge is 0.122 e. The van der Waals surface area contributed by atoms with Gasteiger partial charge in [-0.2, -0.15) is 0 Å². The summed E-state index contributed by atoms with van der Waals surface area (Å²) in [6, 6.07) is 7.04. The molecule has 1 aromatic carbocycles. The number of fused-ring (bicyclic) bond motifs is 1. The van der Waals surface area contributed by atoms with Crippen LogP contribution in [0.2, 0.25) is 0 Å². The van der Waals surface area contributed by atoms with Crippen molar-refractivity contribution in [3.63, 3.8) is 0 Å². The fourth-order valence-electron chi connectivity index (χ4n) is 3.08. The molecule has 0 saturated heterocycles. The van der Waals surface area contributed by atoms with Crippen molar-refractivity contribution in [2.24, 2.45) is 11.7 Å². The molecule has 2 N–H and O–H groups in total. The predicted molar refractivity (Wildman–Crippen MR) is 79.5 cm³/mol. The average molecular weight is 262 g/mol. The molecule has 0 radical (unpaired) electrons. The van der Waals surface area contributed by atoms with Crippen LogP contribution >= 0.6 is 0 Å². The number of nitrogens with zero attached hydrogens (tertiary/aromatic N) is 1. The van der Waals surface area contributed by atoms with E-state index in [0.29, 0.717) is 12.0 Å². The molecule has 106 valence electrons. The molecule has 0 bridgehead atoms. The summed E-state index contributed by atoms with van der Waals surface area (Å²) in [5.74, 6) is 1.56. The highest BCUT2D eigenvalue weighted by Gasteiger charge is 2.24. The van der Waals surface area contributed by atoms with Crippen molar-refractivity contribution >= 4 is 0 Å². The molecule has 0 spiro atoms. The summed E-state index contributed by atoms with van der Waals surface area (Å²) in [6.45, 7) is 3.80. The fourth-order valence-corrected chi connectivity index (χ4v) is 3.08. The van der Waals surface area contributed by atoms with Crippen molar-refractivity contribution < 1.29 is 4.74 Å². The number of ether oxygens (including phenoxy) is 1. The lowest BCUT2D eigenvalue weighted by molar-refractivity contribution is 0.210. The average Bonchev–Trinajstić information content (AvgIpc) is 2.43. The largest absolute Gasteiger partial charge is 0.493 e. The highest BCUT2D eigenvalue weighted by Crippen LogP contribution is 2.33. The monoisotopic (exact) mass is 262 g/mol. The Bertz CT molecular complexity index is 413. The van der Waals surface area contributed by atoms with E-state index in [9.17, 15) is 0 Å². The summed E-state index contributed by atoms with van der Waals surface area (Å²) in [5.41, 5.74) is 8.66. The Morgan fingerprint density at radius 2 is 2.16 bits per heavy atom. The highest BCUT2D eigenvalue weighted by molar-refractivity contribution is 5.39. The molecule has 0 amide bonds. The van der Waals surface area contributed by atoms with Gasteiger partial charge in [0.2, 0.25) is 0 Å². The second-order valence-electron chi connectivity index (χ2n) is 5.63. The lowest BCUT2D eigenvalue weighted by Gasteiger charge is -2.32. The molecular weight excluding hydrogens is 236 g/mol. The van der Waals surface area contributed by atoms with Crippen molar-refractivity contribution in [2.45, 2.75) is 32.2 Å². The molecule has 3 nitrogen and oxygen atoms in total. The van der Waals surface area contributed by atoms with Crippen LogP contribution in [0.1, 0.15) is 36.9 Å². The van der Waals surface area contributed by atoms with E-state index < -0.39 is 0 Å². The van der Waals surface area contributed by atoms with Gasteiger partial charge in [0.05, 0.1) is 6.61 Å². The number of rotatable bonds is 5. The first-order chi connectivity index (χ1) is 9.17. The molecule has 2 unspecified atom stereocenters. The van der Waals surface area contributed by atoms with Crippen LogP contribution in [0.25, 0.3) is 0 Å². The van der Waals surface area contributed by atoms with E-state index in [1.807, 2.05) is 0 Å². The number of hydrogen-bond donors (Lipinski definition) is 1. The molecule has 3 heteroatoms. The van der Waals surface area contributed by atoms with Crippen LogP contribution in [0, 0.1) is 5.92 Å². The van der Waals surface area contributed by atoms with E-state index in [2.05, 4.69) is 44.1 Å². The van der Waals surface area contributed by atoms with Gasteiger partial charge in [-0.05, 0) is 56.6 Å². The van der Waals surface area contributed by atoms with Crippen LogP contribution < -0.4 is 10.5 Å². The van der Waals surface area contributed by atoms with Gasteiger partial charge in [0.15, 0.2) is 0 Å². The van der Waals surface area contributed by atoms with Crippen LogP contribution in [0.3, 0.4) is 0 Å². The molecule has 1 aliphatic heterocycles. The van der Waals surface area contributed by atoms with Crippen molar-refractivity contribution in [3.8, 4) is 5.75 Å². The Labute approximate surface area is 116 Å². The van der Waals surface area contributed by atoms with E-state index in [1.165, 1.54) is 11.1 Å². The van der Waals surface area contributed by atoms with Crippen LogP contribution in [-0.2, 0) is 6.42 Å². The third-order valence-electron chi connectivity index (χ3n) is 4.10. The quantitative estimate of drug-likeness (QED) is 0.886. The normalized spacial score (nSPS) is 17.7. The van der Waals surface area contributed by atoms with E-state index in [1.54, 1.807) is 0 Å². The molecule has 2 rings (SSSR count). The first-order valence-electron chi connectivity index (χ1n) is 7.29. The second kappa shape index (κ2) is 6.40. The Morgan fingerprint density at radius 3 is 2.79 bits per heavy atom. The number of nitrogens with two attached hydrogens (primary N) is 1. The standard InChI is InChI=1S/C16H26N2O/c1-4-12(11-17)16(18(2)3)14-7-8-15-13(10-14)6-5-9-19-15/h7-8,10,12,16H,4-6,9,11,17H2,1-3H3. The van der Waals surface area contributed by atoms with Crippen molar-refractivity contribution in [1.82, 2.24) is 4.90 Å². The third kappa shape index (κ3) is 3.10. The molecule has 1 aliphatic rings. The summed E-state index contributed by atoms with van der Waals surface area (Å²) >= 11 is 0. The molecule has 0 aliphatic carbocycles. The highest BCUT2D eigenvalue weighted by atomic mass is 16.5. The molecule has 0 aromatic heterocycles. The van der Waals surface area contributed by atoms with Gasteiger partial charge in [0.25, 0.3) is 0 Å². The first kappa shape index (κ1) is 14.4. The van der Waals surface area contributed by atoms with E-state index in [-0.39, 0.29) is 0 Å². The molecule has 0 saturated carbocycles. The topological polar surface area (TPSA) is 38.5 Å². The zero-order valence-electron chi connectivity index (χ0n) is 12.4. The minimum absolute atomic E-state index is 0.391. The fraction of sp³-hybridized carbons (Fsp3) is 0.625. The summed E-state index contributed by atoms with van der Waals surface area (Å²) in [7, 11) is 4.28. The number of aryl methyl sites for hydroxylation is 1. The molecule has 1 aromatic rings. The maximum atomic E-state index is 5.95. The van der Waals surface area contributed by atoms with Crippen molar-refractivity contribution in [3.05, 3.63) is 29.3 Å². The Hall–Kier alpha value is -1.06. The zero-order chi connectivity index (χ0) is 13.8. The van der Waals surface area contributed by atoms with Gasteiger partial charge in [0, 0.05) is 6.04 Å². The Morgan fingerprint density at radius 1 is 1.37 bits per heavy atom. The van der Waals surface area contributed by atoms with Gasteiger partial charge >= 0.3 is 0 Å². The van der Waals surface area contributed by atoms with Crippen LogP contribution in [0.15, 0.2) is 18.2 Å². The maximum absolute atomic E-state index is 5.95. The third-order valence-corrected chi connectivity index (χ3v) is 4.10. The Balaban J connectivity index is 2.31. The van der Waals surface area contributed by atoms with Gasteiger partial charge in [-0.3, -0.25) is 0 Å². The van der Waals surface area contributed by atoms with Gasteiger partial charge in [-0.15, -0.1) is 0 Å². The van der Waals surface area contributed by atoms with Crippen LogP contribution in [0.5, 0.6) is 5.75 Å². The second-order valence-corrected chi connectivity index (χ2v) is 5.63. The summed E-state index contributed by atoms with van der Waals surface area (Å²) in [4.78, 5) is 2.28.